The Labute approximate surface area is 122 Å². The van der Waals surface area contributed by atoms with Crippen LogP contribution in [-0.2, 0) is 6.61 Å². The Bertz CT molecular complexity index is 581. The van der Waals surface area contributed by atoms with Crippen LogP contribution in [0.1, 0.15) is 49.0 Å². The van der Waals surface area contributed by atoms with E-state index in [-0.39, 0.29) is 11.9 Å². The van der Waals surface area contributed by atoms with Crippen molar-refractivity contribution in [2.75, 3.05) is 0 Å². The zero-order chi connectivity index (χ0) is 14.7. The molecule has 0 aliphatic carbocycles. The molecule has 2 rings (SSSR count). The molecular formula is C15H19FN2OS. The minimum Gasteiger partial charge on any atom is -0.487 e. The van der Waals surface area contributed by atoms with Gasteiger partial charge in [-0.2, -0.15) is 0 Å². The monoisotopic (exact) mass is 294 g/mol. The molecule has 0 amide bonds. The summed E-state index contributed by atoms with van der Waals surface area (Å²) >= 11 is 1.62. The van der Waals surface area contributed by atoms with Gasteiger partial charge >= 0.3 is 0 Å². The van der Waals surface area contributed by atoms with Gasteiger partial charge in [0.05, 0.1) is 10.7 Å². The Morgan fingerprint density at radius 2 is 2.10 bits per heavy atom. The molecule has 1 aromatic heterocycles. The summed E-state index contributed by atoms with van der Waals surface area (Å²) in [4.78, 5) is 4.47. The minimum atomic E-state index is -0.335. The zero-order valence-electron chi connectivity index (χ0n) is 11.9. The summed E-state index contributed by atoms with van der Waals surface area (Å²) in [6.07, 6.45) is 0. The van der Waals surface area contributed by atoms with Gasteiger partial charge in [0, 0.05) is 29.0 Å². The molecule has 0 aliphatic heterocycles. The van der Waals surface area contributed by atoms with Crippen LogP contribution in [0, 0.1) is 5.82 Å². The molecule has 0 aliphatic rings. The standard InChI is InChI=1S/C15H19FN2OS/c1-9(2)15-18-11(8-20-15)7-19-12-4-5-13(10(3)17)14(16)6-12/h4-6,8-10H,7,17H2,1-3H3/t10-/m1/s1. The molecule has 3 nitrogen and oxygen atoms in total. The van der Waals surface area contributed by atoms with Crippen LogP contribution in [0.15, 0.2) is 23.6 Å². The van der Waals surface area contributed by atoms with Gasteiger partial charge in [0.2, 0.25) is 0 Å². The lowest BCUT2D eigenvalue weighted by atomic mass is 10.1. The van der Waals surface area contributed by atoms with Crippen LogP contribution in [-0.4, -0.2) is 4.98 Å². The second-order valence-corrected chi connectivity index (χ2v) is 5.98. The summed E-state index contributed by atoms with van der Waals surface area (Å²) in [5, 5.41) is 3.06. The van der Waals surface area contributed by atoms with E-state index in [0.717, 1.165) is 10.7 Å². The minimum absolute atomic E-state index is 0.323. The van der Waals surface area contributed by atoms with Gasteiger partial charge < -0.3 is 10.5 Å². The number of rotatable bonds is 5. The molecule has 1 aromatic carbocycles. The highest BCUT2D eigenvalue weighted by Gasteiger charge is 2.09. The average Bonchev–Trinajstić information content (AvgIpc) is 2.85. The maximum Gasteiger partial charge on any atom is 0.131 e. The quantitative estimate of drug-likeness (QED) is 0.906. The Balaban J connectivity index is 2.01. The molecule has 108 valence electrons. The van der Waals surface area contributed by atoms with E-state index < -0.39 is 0 Å². The molecule has 2 N–H and O–H groups in total. The number of halogens is 1. The van der Waals surface area contributed by atoms with Crippen molar-refractivity contribution in [2.24, 2.45) is 5.73 Å². The van der Waals surface area contributed by atoms with E-state index in [4.69, 9.17) is 10.5 Å². The van der Waals surface area contributed by atoms with Crippen molar-refractivity contribution in [3.8, 4) is 5.75 Å². The first-order valence-electron chi connectivity index (χ1n) is 6.59. The number of thiazole rings is 1. The van der Waals surface area contributed by atoms with Crippen molar-refractivity contribution in [2.45, 2.75) is 39.3 Å². The summed E-state index contributed by atoms with van der Waals surface area (Å²) in [5.74, 6) is 0.571. The molecule has 2 aromatic rings. The highest BCUT2D eigenvalue weighted by molar-refractivity contribution is 7.09. The molecule has 0 spiro atoms. The van der Waals surface area contributed by atoms with E-state index in [2.05, 4.69) is 18.8 Å². The Morgan fingerprint density at radius 1 is 1.35 bits per heavy atom. The number of hydrogen-bond donors (Lipinski definition) is 1. The first-order chi connectivity index (χ1) is 9.47. The number of nitrogens with zero attached hydrogens (tertiary/aromatic N) is 1. The molecule has 0 radical (unpaired) electrons. The molecule has 0 unspecified atom stereocenters. The summed E-state index contributed by atoms with van der Waals surface area (Å²) in [7, 11) is 0. The van der Waals surface area contributed by atoms with Gasteiger partial charge in [0.1, 0.15) is 18.2 Å². The lowest BCUT2D eigenvalue weighted by Crippen LogP contribution is -2.07. The van der Waals surface area contributed by atoms with Crippen LogP contribution in [0.5, 0.6) is 5.75 Å². The van der Waals surface area contributed by atoms with Crippen LogP contribution in [0.4, 0.5) is 4.39 Å². The molecule has 1 atom stereocenters. The number of nitrogens with two attached hydrogens (primary N) is 1. The second-order valence-electron chi connectivity index (χ2n) is 5.09. The highest BCUT2D eigenvalue weighted by Crippen LogP contribution is 2.23. The summed E-state index contributed by atoms with van der Waals surface area (Å²) < 4.78 is 19.3. The van der Waals surface area contributed by atoms with Crippen LogP contribution >= 0.6 is 11.3 Å². The topological polar surface area (TPSA) is 48.1 Å². The first kappa shape index (κ1) is 14.9. The fourth-order valence-electron chi connectivity index (χ4n) is 1.78. The molecule has 0 fully saturated rings. The number of ether oxygens (including phenoxy) is 1. The van der Waals surface area contributed by atoms with Gasteiger partial charge in [0.15, 0.2) is 0 Å². The van der Waals surface area contributed by atoms with E-state index in [1.54, 1.807) is 30.4 Å². The number of benzene rings is 1. The summed E-state index contributed by atoms with van der Waals surface area (Å²) in [6, 6.07) is 4.44. The molecule has 0 bridgehead atoms. The third-order valence-electron chi connectivity index (χ3n) is 2.91. The normalized spacial score (nSPS) is 12.7. The third-order valence-corrected chi connectivity index (χ3v) is 4.11. The van der Waals surface area contributed by atoms with E-state index in [1.165, 1.54) is 6.07 Å². The molecule has 20 heavy (non-hydrogen) atoms. The lowest BCUT2D eigenvalue weighted by molar-refractivity contribution is 0.300. The van der Waals surface area contributed by atoms with Gasteiger partial charge in [-0.05, 0) is 13.0 Å². The average molecular weight is 294 g/mol. The zero-order valence-corrected chi connectivity index (χ0v) is 12.7. The van der Waals surface area contributed by atoms with Crippen LogP contribution in [0.2, 0.25) is 0 Å². The van der Waals surface area contributed by atoms with E-state index in [9.17, 15) is 4.39 Å². The molecule has 0 saturated carbocycles. The maximum atomic E-state index is 13.8. The molecular weight excluding hydrogens is 275 g/mol. The Hall–Kier alpha value is -1.46. The molecule has 5 heteroatoms. The van der Waals surface area contributed by atoms with Gasteiger partial charge in [0.25, 0.3) is 0 Å². The van der Waals surface area contributed by atoms with E-state index in [0.29, 0.717) is 23.8 Å². The van der Waals surface area contributed by atoms with Crippen molar-refractivity contribution in [3.05, 3.63) is 45.7 Å². The molecule has 1 heterocycles. The fourth-order valence-corrected chi connectivity index (χ4v) is 2.60. The predicted octanol–water partition coefficient (Wildman–Crippen LogP) is 4.00. The number of aromatic nitrogens is 1. The van der Waals surface area contributed by atoms with Crippen LogP contribution in [0.3, 0.4) is 0 Å². The maximum absolute atomic E-state index is 13.8. The SMILES string of the molecule is CC(C)c1nc(COc2ccc([C@@H](C)N)c(F)c2)cs1. The summed E-state index contributed by atoms with van der Waals surface area (Å²) in [6.45, 7) is 6.30. The van der Waals surface area contributed by atoms with Crippen molar-refractivity contribution >= 4 is 11.3 Å². The van der Waals surface area contributed by atoms with Gasteiger partial charge in [-0.1, -0.05) is 19.9 Å². The van der Waals surface area contributed by atoms with E-state index >= 15 is 0 Å². The molecule has 0 saturated heterocycles. The lowest BCUT2D eigenvalue weighted by Gasteiger charge is -2.09. The highest BCUT2D eigenvalue weighted by atomic mass is 32.1. The number of hydrogen-bond acceptors (Lipinski definition) is 4. The van der Waals surface area contributed by atoms with Gasteiger partial charge in [-0.15, -0.1) is 11.3 Å². The van der Waals surface area contributed by atoms with Crippen LogP contribution < -0.4 is 10.5 Å². The summed E-state index contributed by atoms with van der Waals surface area (Å²) in [5.41, 5.74) is 7.04. The second kappa shape index (κ2) is 6.33. The predicted molar refractivity (Wildman–Crippen MR) is 79.5 cm³/mol. The Kier molecular flexibility index (Phi) is 4.73. The third kappa shape index (κ3) is 3.55. The van der Waals surface area contributed by atoms with Gasteiger partial charge in [-0.3, -0.25) is 0 Å². The van der Waals surface area contributed by atoms with Crippen molar-refractivity contribution < 1.29 is 9.13 Å². The van der Waals surface area contributed by atoms with Crippen molar-refractivity contribution in [3.63, 3.8) is 0 Å². The van der Waals surface area contributed by atoms with Crippen LogP contribution in [0.25, 0.3) is 0 Å². The van der Waals surface area contributed by atoms with Gasteiger partial charge in [-0.25, -0.2) is 9.37 Å². The fraction of sp³-hybridized carbons (Fsp3) is 0.400. The van der Waals surface area contributed by atoms with Crippen molar-refractivity contribution in [1.82, 2.24) is 4.98 Å². The largest absolute Gasteiger partial charge is 0.487 e. The van der Waals surface area contributed by atoms with Crippen molar-refractivity contribution in [1.29, 1.82) is 0 Å². The smallest absolute Gasteiger partial charge is 0.131 e. The Morgan fingerprint density at radius 3 is 2.65 bits per heavy atom. The first-order valence-corrected chi connectivity index (χ1v) is 7.47. The van der Waals surface area contributed by atoms with E-state index in [1.807, 2.05) is 5.38 Å².